The van der Waals surface area contributed by atoms with Crippen LogP contribution in [-0.2, 0) is 28.0 Å². The van der Waals surface area contributed by atoms with Crippen LogP contribution >= 0.6 is 0 Å². The molecule has 7 heteroatoms. The van der Waals surface area contributed by atoms with Crippen molar-refractivity contribution in [2.24, 2.45) is 0 Å². The summed E-state index contributed by atoms with van der Waals surface area (Å²) in [6, 6.07) is 17.6. The lowest BCUT2D eigenvalue weighted by Crippen LogP contribution is -2.52. The third-order valence-corrected chi connectivity index (χ3v) is 6.14. The minimum Gasteiger partial charge on any atom is -0.296 e. The summed E-state index contributed by atoms with van der Waals surface area (Å²) >= 11 is 0. The summed E-state index contributed by atoms with van der Waals surface area (Å²) in [5.74, 6) is -0.507. The molecule has 0 saturated carbocycles. The van der Waals surface area contributed by atoms with Crippen LogP contribution in [0.1, 0.15) is 16.7 Å². The zero-order valence-corrected chi connectivity index (χ0v) is 16.3. The molecule has 0 bridgehead atoms. The highest BCUT2D eigenvalue weighted by molar-refractivity contribution is 7.87. The van der Waals surface area contributed by atoms with Crippen molar-refractivity contribution >= 4 is 16.1 Å². The molecule has 0 aromatic heterocycles. The van der Waals surface area contributed by atoms with E-state index in [1.165, 1.54) is 9.87 Å². The molecule has 0 atom stereocenters. The lowest BCUT2D eigenvalue weighted by atomic mass is 10.1. The number of carbonyl (C=O) groups is 1. The number of carbonyl (C=O) groups excluding carboxylic acids is 1. The van der Waals surface area contributed by atoms with Gasteiger partial charge in [-0.2, -0.15) is 12.7 Å². The first-order valence-electron chi connectivity index (χ1n) is 9.05. The van der Waals surface area contributed by atoms with Crippen molar-refractivity contribution in [1.82, 2.24) is 13.9 Å². The smallest absolute Gasteiger partial charge is 0.296 e. The monoisotopic (exact) mass is 387 g/mol. The molecule has 27 heavy (non-hydrogen) atoms. The fourth-order valence-electron chi connectivity index (χ4n) is 3.22. The Kier molecular flexibility index (Phi) is 6.26. The van der Waals surface area contributed by atoms with Crippen molar-refractivity contribution in [3.63, 3.8) is 0 Å². The number of aryl methyl sites for hydroxylation is 1. The van der Waals surface area contributed by atoms with Gasteiger partial charge in [0.25, 0.3) is 0 Å². The van der Waals surface area contributed by atoms with E-state index in [9.17, 15) is 13.2 Å². The average molecular weight is 388 g/mol. The second-order valence-corrected chi connectivity index (χ2v) is 8.53. The van der Waals surface area contributed by atoms with Gasteiger partial charge < -0.3 is 0 Å². The summed E-state index contributed by atoms with van der Waals surface area (Å²) in [4.78, 5) is 14.4. The van der Waals surface area contributed by atoms with Crippen LogP contribution in [0.3, 0.4) is 0 Å². The van der Waals surface area contributed by atoms with Crippen molar-refractivity contribution in [2.45, 2.75) is 19.9 Å². The molecule has 1 heterocycles. The molecule has 1 amide bonds. The van der Waals surface area contributed by atoms with Crippen LogP contribution in [0.25, 0.3) is 0 Å². The maximum absolute atomic E-state index is 12.5. The van der Waals surface area contributed by atoms with Gasteiger partial charge in [-0.3, -0.25) is 9.69 Å². The molecule has 1 fully saturated rings. The Bertz CT molecular complexity index is 876. The Morgan fingerprint density at radius 2 is 1.63 bits per heavy atom. The second kappa shape index (κ2) is 8.65. The molecular weight excluding hydrogens is 362 g/mol. The Morgan fingerprint density at radius 1 is 0.963 bits per heavy atom. The van der Waals surface area contributed by atoms with E-state index in [0.29, 0.717) is 26.2 Å². The third kappa shape index (κ3) is 5.63. The first-order chi connectivity index (χ1) is 12.9. The van der Waals surface area contributed by atoms with Gasteiger partial charge in [-0.1, -0.05) is 60.2 Å². The average Bonchev–Trinajstić information content (AvgIpc) is 2.62. The number of nitrogens with one attached hydrogen (secondary N) is 1. The highest BCUT2D eigenvalue weighted by atomic mass is 32.2. The molecule has 0 unspecified atom stereocenters. The number of piperazine rings is 1. The minimum absolute atomic E-state index is 0.0505. The van der Waals surface area contributed by atoms with Gasteiger partial charge in [0.1, 0.15) is 0 Å². The van der Waals surface area contributed by atoms with Crippen molar-refractivity contribution in [2.75, 3.05) is 26.2 Å². The molecule has 6 nitrogen and oxygen atoms in total. The van der Waals surface area contributed by atoms with E-state index in [0.717, 1.165) is 17.7 Å². The molecule has 1 N–H and O–H groups in total. The molecule has 0 spiro atoms. The fraction of sp³-hybridized carbons (Fsp3) is 0.350. The van der Waals surface area contributed by atoms with Gasteiger partial charge >= 0.3 is 10.2 Å². The highest BCUT2D eigenvalue weighted by Crippen LogP contribution is 2.11. The van der Waals surface area contributed by atoms with E-state index >= 15 is 0 Å². The number of hydrogen-bond donors (Lipinski definition) is 1. The van der Waals surface area contributed by atoms with Crippen molar-refractivity contribution in [1.29, 1.82) is 0 Å². The number of nitrogens with zero attached hydrogens (tertiary/aromatic N) is 2. The SMILES string of the molecule is Cc1cccc(CC(=O)NS(=O)(=O)N2CCN(Cc3ccccc3)CC2)c1. The standard InChI is InChI=1S/C20H25N3O3S/c1-17-6-5-9-19(14-17)15-20(24)21-27(25,26)23-12-10-22(11-13-23)16-18-7-3-2-4-8-18/h2-9,14H,10-13,15-16H2,1H3,(H,21,24). The van der Waals surface area contributed by atoms with Crippen LogP contribution in [-0.4, -0.2) is 49.7 Å². The number of rotatable bonds is 6. The molecule has 0 aliphatic carbocycles. The van der Waals surface area contributed by atoms with E-state index in [-0.39, 0.29) is 6.42 Å². The van der Waals surface area contributed by atoms with Gasteiger partial charge in [0.15, 0.2) is 0 Å². The lowest BCUT2D eigenvalue weighted by molar-refractivity contribution is -0.118. The Hall–Kier alpha value is -2.22. The van der Waals surface area contributed by atoms with E-state index < -0.39 is 16.1 Å². The molecule has 0 radical (unpaired) electrons. The summed E-state index contributed by atoms with van der Waals surface area (Å²) in [5.41, 5.74) is 3.05. The Balaban J connectivity index is 1.51. The van der Waals surface area contributed by atoms with Crippen molar-refractivity contribution < 1.29 is 13.2 Å². The van der Waals surface area contributed by atoms with Crippen LogP contribution in [0, 0.1) is 6.92 Å². The van der Waals surface area contributed by atoms with E-state index in [1.807, 2.05) is 49.4 Å². The minimum atomic E-state index is -3.80. The summed E-state index contributed by atoms with van der Waals surface area (Å²) in [6.07, 6.45) is 0.0505. The highest BCUT2D eigenvalue weighted by Gasteiger charge is 2.28. The Labute approximate surface area is 161 Å². The largest absolute Gasteiger partial charge is 0.303 e. The first kappa shape index (κ1) is 19.5. The second-order valence-electron chi connectivity index (χ2n) is 6.86. The lowest BCUT2D eigenvalue weighted by Gasteiger charge is -2.33. The van der Waals surface area contributed by atoms with Crippen LogP contribution in [0.4, 0.5) is 0 Å². The quantitative estimate of drug-likeness (QED) is 0.819. The summed E-state index contributed by atoms with van der Waals surface area (Å²) in [5, 5.41) is 0. The maximum atomic E-state index is 12.5. The number of hydrogen-bond acceptors (Lipinski definition) is 4. The zero-order valence-electron chi connectivity index (χ0n) is 15.5. The van der Waals surface area contributed by atoms with Crippen LogP contribution in [0.5, 0.6) is 0 Å². The number of benzene rings is 2. The fourth-order valence-corrected chi connectivity index (χ4v) is 4.35. The van der Waals surface area contributed by atoms with E-state index in [4.69, 9.17) is 0 Å². The molecule has 2 aromatic carbocycles. The molecule has 3 rings (SSSR count). The topological polar surface area (TPSA) is 69.7 Å². The normalized spacial score (nSPS) is 16.2. The molecule has 1 saturated heterocycles. The zero-order chi connectivity index (χ0) is 19.3. The summed E-state index contributed by atoms with van der Waals surface area (Å²) in [7, 11) is -3.80. The van der Waals surface area contributed by atoms with Crippen LogP contribution in [0.15, 0.2) is 54.6 Å². The predicted octanol–water partition coefficient (Wildman–Crippen LogP) is 1.72. The van der Waals surface area contributed by atoms with E-state index in [1.54, 1.807) is 0 Å². The summed E-state index contributed by atoms with van der Waals surface area (Å²) < 4.78 is 28.5. The van der Waals surface area contributed by atoms with Crippen LogP contribution in [0.2, 0.25) is 0 Å². The van der Waals surface area contributed by atoms with Crippen molar-refractivity contribution in [3.05, 3.63) is 71.3 Å². The van der Waals surface area contributed by atoms with Gasteiger partial charge in [0.05, 0.1) is 6.42 Å². The summed E-state index contributed by atoms with van der Waals surface area (Å²) in [6.45, 7) is 4.77. The van der Waals surface area contributed by atoms with Gasteiger partial charge in [-0.05, 0) is 18.1 Å². The molecule has 1 aliphatic heterocycles. The molecule has 1 aliphatic rings. The predicted molar refractivity (Wildman–Crippen MR) is 105 cm³/mol. The van der Waals surface area contributed by atoms with Gasteiger partial charge in [0, 0.05) is 32.7 Å². The Morgan fingerprint density at radius 3 is 2.30 bits per heavy atom. The molecule has 2 aromatic rings. The molecule has 144 valence electrons. The van der Waals surface area contributed by atoms with Gasteiger partial charge in [-0.15, -0.1) is 0 Å². The third-order valence-electron chi connectivity index (χ3n) is 4.61. The number of amides is 1. The van der Waals surface area contributed by atoms with Crippen molar-refractivity contribution in [3.8, 4) is 0 Å². The first-order valence-corrected chi connectivity index (χ1v) is 10.5. The van der Waals surface area contributed by atoms with Crippen LogP contribution < -0.4 is 4.72 Å². The van der Waals surface area contributed by atoms with Gasteiger partial charge in [-0.25, -0.2) is 4.72 Å². The maximum Gasteiger partial charge on any atom is 0.303 e. The van der Waals surface area contributed by atoms with Gasteiger partial charge in [0.2, 0.25) is 5.91 Å². The van der Waals surface area contributed by atoms with E-state index in [2.05, 4.69) is 21.8 Å². The molecular formula is C20H25N3O3S.